The molecular weight excluding hydrogens is 318 g/mol. The van der Waals surface area contributed by atoms with Gasteiger partial charge in [0.25, 0.3) is 0 Å². The summed E-state index contributed by atoms with van der Waals surface area (Å²) in [6.45, 7) is 2.07. The van der Waals surface area contributed by atoms with E-state index in [1.54, 1.807) is 0 Å². The number of hydrazone groups is 1. The van der Waals surface area contributed by atoms with Crippen LogP contribution in [-0.4, -0.2) is 37.3 Å². The number of nitrogens with one attached hydrogen (secondary N) is 2. The Morgan fingerprint density at radius 1 is 1.20 bits per heavy atom. The molecule has 134 valence electrons. The van der Waals surface area contributed by atoms with Crippen molar-refractivity contribution in [3.8, 4) is 0 Å². The monoisotopic (exact) mass is 343 g/mol. The van der Waals surface area contributed by atoms with Crippen LogP contribution < -0.4 is 10.7 Å². The quantitative estimate of drug-likeness (QED) is 0.828. The summed E-state index contributed by atoms with van der Waals surface area (Å²) in [5.74, 6) is -0.0288. The fourth-order valence-electron chi connectivity index (χ4n) is 3.43. The average Bonchev–Trinajstić information content (AvgIpc) is 2.67. The molecule has 0 bridgehead atoms. The number of carbonyl (C=O) groups is 2. The van der Waals surface area contributed by atoms with Gasteiger partial charge in [0.15, 0.2) is 0 Å². The van der Waals surface area contributed by atoms with Crippen LogP contribution in [0.4, 0.5) is 0 Å². The standard InChI is InChI=1S/C19H25N3O3/c23-17(8-6-16-7-9-18(24)22-21-16)20-14-19(10-12-25-13-11-19)15-4-2-1-3-5-15/h1-5H,6-14H2,(H,20,23)(H,22,24). The topological polar surface area (TPSA) is 79.8 Å². The van der Waals surface area contributed by atoms with E-state index in [-0.39, 0.29) is 17.2 Å². The van der Waals surface area contributed by atoms with Crippen LogP contribution in [0.3, 0.4) is 0 Å². The maximum Gasteiger partial charge on any atom is 0.240 e. The molecule has 2 aliphatic heterocycles. The van der Waals surface area contributed by atoms with Crippen molar-refractivity contribution >= 4 is 17.5 Å². The molecule has 0 aliphatic carbocycles. The lowest BCUT2D eigenvalue weighted by Gasteiger charge is -2.38. The van der Waals surface area contributed by atoms with Crippen LogP contribution >= 0.6 is 0 Å². The molecule has 2 heterocycles. The molecule has 2 aliphatic rings. The summed E-state index contributed by atoms with van der Waals surface area (Å²) >= 11 is 0. The Morgan fingerprint density at radius 2 is 1.96 bits per heavy atom. The molecular formula is C19H25N3O3. The van der Waals surface area contributed by atoms with E-state index in [4.69, 9.17) is 4.74 Å². The third kappa shape index (κ3) is 4.66. The first-order valence-electron chi connectivity index (χ1n) is 8.92. The number of carbonyl (C=O) groups excluding carboxylic acids is 2. The minimum absolute atomic E-state index is 0.0291. The van der Waals surface area contributed by atoms with Crippen LogP contribution in [0.25, 0.3) is 0 Å². The van der Waals surface area contributed by atoms with Crippen molar-refractivity contribution in [3.05, 3.63) is 35.9 Å². The first kappa shape index (κ1) is 17.6. The maximum absolute atomic E-state index is 12.3. The number of hydrogen-bond acceptors (Lipinski definition) is 4. The molecule has 1 aromatic carbocycles. The van der Waals surface area contributed by atoms with Gasteiger partial charge in [-0.15, -0.1) is 0 Å². The van der Waals surface area contributed by atoms with Gasteiger partial charge in [0.05, 0.1) is 0 Å². The second-order valence-electron chi connectivity index (χ2n) is 6.75. The molecule has 0 aromatic heterocycles. The average molecular weight is 343 g/mol. The normalized spacial score (nSPS) is 19.7. The Labute approximate surface area is 148 Å². The summed E-state index contributed by atoms with van der Waals surface area (Å²) in [5.41, 5.74) is 4.57. The molecule has 3 rings (SSSR count). The van der Waals surface area contributed by atoms with Crippen molar-refractivity contribution in [2.45, 2.75) is 43.9 Å². The Bertz CT molecular complexity index is 637. The SMILES string of the molecule is O=C(CCC1=NNC(=O)CC1)NCC1(c2ccccc2)CCOCC1. The Morgan fingerprint density at radius 3 is 2.64 bits per heavy atom. The van der Waals surface area contributed by atoms with Gasteiger partial charge >= 0.3 is 0 Å². The van der Waals surface area contributed by atoms with Crippen molar-refractivity contribution < 1.29 is 14.3 Å². The van der Waals surface area contributed by atoms with Gasteiger partial charge < -0.3 is 10.1 Å². The molecule has 2 amide bonds. The van der Waals surface area contributed by atoms with Crippen LogP contribution in [0, 0.1) is 0 Å². The molecule has 0 atom stereocenters. The van der Waals surface area contributed by atoms with Gasteiger partial charge in [-0.1, -0.05) is 30.3 Å². The summed E-state index contributed by atoms with van der Waals surface area (Å²) in [6.07, 6.45) is 3.91. The third-order valence-electron chi connectivity index (χ3n) is 5.08. The maximum atomic E-state index is 12.3. The van der Waals surface area contributed by atoms with Crippen molar-refractivity contribution in [2.24, 2.45) is 5.10 Å². The molecule has 0 spiro atoms. The highest BCUT2D eigenvalue weighted by molar-refractivity contribution is 5.94. The van der Waals surface area contributed by atoms with E-state index in [9.17, 15) is 9.59 Å². The van der Waals surface area contributed by atoms with Gasteiger partial charge in [0.2, 0.25) is 11.8 Å². The Balaban J connectivity index is 1.54. The first-order chi connectivity index (χ1) is 12.2. The van der Waals surface area contributed by atoms with Crippen molar-refractivity contribution in [3.63, 3.8) is 0 Å². The zero-order valence-electron chi connectivity index (χ0n) is 14.4. The highest BCUT2D eigenvalue weighted by Gasteiger charge is 2.34. The van der Waals surface area contributed by atoms with Gasteiger partial charge in [-0.05, 0) is 31.2 Å². The molecule has 1 aromatic rings. The minimum Gasteiger partial charge on any atom is -0.381 e. The zero-order chi connectivity index (χ0) is 17.5. The number of rotatable bonds is 6. The highest BCUT2D eigenvalue weighted by atomic mass is 16.5. The molecule has 0 radical (unpaired) electrons. The second kappa shape index (κ2) is 8.25. The van der Waals surface area contributed by atoms with Crippen LogP contribution in [0.1, 0.15) is 44.1 Å². The van der Waals surface area contributed by atoms with Gasteiger partial charge in [-0.3, -0.25) is 9.59 Å². The Hall–Kier alpha value is -2.21. The van der Waals surface area contributed by atoms with Crippen molar-refractivity contribution in [1.29, 1.82) is 0 Å². The number of benzene rings is 1. The number of ether oxygens (including phenoxy) is 1. The predicted molar refractivity (Wildman–Crippen MR) is 95.2 cm³/mol. The fourth-order valence-corrected chi connectivity index (χ4v) is 3.43. The molecule has 2 N–H and O–H groups in total. The number of amides is 2. The fraction of sp³-hybridized carbons (Fsp3) is 0.526. The van der Waals surface area contributed by atoms with Gasteiger partial charge in [0.1, 0.15) is 0 Å². The zero-order valence-corrected chi connectivity index (χ0v) is 14.4. The van der Waals surface area contributed by atoms with E-state index in [1.165, 1.54) is 5.56 Å². The van der Waals surface area contributed by atoms with E-state index in [0.29, 0.717) is 32.2 Å². The van der Waals surface area contributed by atoms with E-state index >= 15 is 0 Å². The largest absolute Gasteiger partial charge is 0.381 e. The molecule has 6 heteroatoms. The number of nitrogens with zero attached hydrogens (tertiary/aromatic N) is 1. The molecule has 1 fully saturated rings. The third-order valence-corrected chi connectivity index (χ3v) is 5.08. The second-order valence-corrected chi connectivity index (χ2v) is 6.75. The van der Waals surface area contributed by atoms with Gasteiger partial charge in [-0.2, -0.15) is 5.10 Å². The van der Waals surface area contributed by atoms with Crippen LogP contribution in [0.2, 0.25) is 0 Å². The van der Waals surface area contributed by atoms with E-state index in [1.807, 2.05) is 18.2 Å². The summed E-state index contributed by atoms with van der Waals surface area (Å²) in [5, 5.41) is 7.12. The van der Waals surface area contributed by atoms with Gasteiger partial charge in [-0.25, -0.2) is 5.43 Å². The molecule has 1 saturated heterocycles. The van der Waals surface area contributed by atoms with Crippen molar-refractivity contribution in [2.75, 3.05) is 19.8 Å². The summed E-state index contributed by atoms with van der Waals surface area (Å²) in [7, 11) is 0. The molecule has 6 nitrogen and oxygen atoms in total. The first-order valence-corrected chi connectivity index (χ1v) is 8.92. The minimum atomic E-state index is -0.0579. The van der Waals surface area contributed by atoms with Crippen molar-refractivity contribution in [1.82, 2.24) is 10.7 Å². The molecule has 0 saturated carbocycles. The molecule has 25 heavy (non-hydrogen) atoms. The lowest BCUT2D eigenvalue weighted by atomic mass is 9.74. The Kier molecular flexibility index (Phi) is 5.81. The van der Waals surface area contributed by atoms with E-state index in [0.717, 1.165) is 31.8 Å². The number of hydrogen-bond donors (Lipinski definition) is 2. The highest BCUT2D eigenvalue weighted by Crippen LogP contribution is 2.34. The molecule has 0 unspecified atom stereocenters. The smallest absolute Gasteiger partial charge is 0.240 e. The van der Waals surface area contributed by atoms with E-state index in [2.05, 4.69) is 28.0 Å². The van der Waals surface area contributed by atoms with Gasteiger partial charge in [0, 0.05) is 43.7 Å². The van der Waals surface area contributed by atoms with E-state index < -0.39 is 0 Å². The lowest BCUT2D eigenvalue weighted by Crippen LogP contribution is -2.44. The lowest BCUT2D eigenvalue weighted by molar-refractivity contribution is -0.121. The van der Waals surface area contributed by atoms with Crippen LogP contribution in [-0.2, 0) is 19.7 Å². The predicted octanol–water partition coefficient (Wildman–Crippen LogP) is 1.90. The summed E-state index contributed by atoms with van der Waals surface area (Å²) in [6, 6.07) is 10.4. The summed E-state index contributed by atoms with van der Waals surface area (Å²) < 4.78 is 5.53. The summed E-state index contributed by atoms with van der Waals surface area (Å²) in [4.78, 5) is 23.4. The van der Waals surface area contributed by atoms with Crippen LogP contribution in [0.15, 0.2) is 35.4 Å². The van der Waals surface area contributed by atoms with Crippen LogP contribution in [0.5, 0.6) is 0 Å².